The van der Waals surface area contributed by atoms with Crippen LogP contribution in [0.2, 0.25) is 0 Å². The summed E-state index contributed by atoms with van der Waals surface area (Å²) in [6.45, 7) is 1.87. The van der Waals surface area contributed by atoms with E-state index in [4.69, 9.17) is 0 Å². The average molecular weight is 257 g/mol. The van der Waals surface area contributed by atoms with E-state index in [0.29, 0.717) is 17.0 Å². The molecule has 96 valence electrons. The summed E-state index contributed by atoms with van der Waals surface area (Å²) < 4.78 is 15.5. The minimum atomic E-state index is -0.240. The third kappa shape index (κ3) is 2.12. The number of rotatable bonds is 3. The standard InChI is InChI=1S/C13H12FN5/c1-9(10-4-2-3-5-11(10)14)17-12-13-18-16-8-19(13)7-6-15-12/h2-9H,1H3,(H,15,17). The summed E-state index contributed by atoms with van der Waals surface area (Å²) in [7, 11) is 0. The van der Waals surface area contributed by atoms with Gasteiger partial charge < -0.3 is 5.32 Å². The van der Waals surface area contributed by atoms with Gasteiger partial charge >= 0.3 is 0 Å². The van der Waals surface area contributed by atoms with E-state index in [1.54, 1.807) is 35.3 Å². The van der Waals surface area contributed by atoms with Gasteiger partial charge in [-0.2, -0.15) is 0 Å². The molecular weight excluding hydrogens is 245 g/mol. The van der Waals surface area contributed by atoms with Gasteiger partial charge in [0.15, 0.2) is 5.82 Å². The number of benzene rings is 1. The second-order valence-corrected chi connectivity index (χ2v) is 4.23. The fourth-order valence-corrected chi connectivity index (χ4v) is 1.97. The Morgan fingerprint density at radius 3 is 3.00 bits per heavy atom. The monoisotopic (exact) mass is 257 g/mol. The third-order valence-electron chi connectivity index (χ3n) is 2.94. The van der Waals surface area contributed by atoms with Gasteiger partial charge in [-0.15, -0.1) is 10.2 Å². The van der Waals surface area contributed by atoms with Crippen LogP contribution in [0.1, 0.15) is 18.5 Å². The van der Waals surface area contributed by atoms with E-state index < -0.39 is 0 Å². The topological polar surface area (TPSA) is 55.1 Å². The third-order valence-corrected chi connectivity index (χ3v) is 2.94. The van der Waals surface area contributed by atoms with Gasteiger partial charge in [0.25, 0.3) is 0 Å². The number of halogens is 1. The molecule has 0 aliphatic carbocycles. The predicted molar refractivity (Wildman–Crippen MR) is 69.2 cm³/mol. The average Bonchev–Trinajstić information content (AvgIpc) is 2.88. The van der Waals surface area contributed by atoms with E-state index in [-0.39, 0.29) is 11.9 Å². The van der Waals surface area contributed by atoms with Crippen LogP contribution in [0.3, 0.4) is 0 Å². The molecule has 6 heteroatoms. The molecule has 0 aliphatic heterocycles. The highest BCUT2D eigenvalue weighted by molar-refractivity contribution is 5.62. The summed E-state index contributed by atoms with van der Waals surface area (Å²) in [6.07, 6.45) is 5.00. The van der Waals surface area contributed by atoms with E-state index in [2.05, 4.69) is 20.5 Å². The summed E-state index contributed by atoms with van der Waals surface area (Å²) >= 11 is 0. The fraction of sp³-hybridized carbons (Fsp3) is 0.154. The van der Waals surface area contributed by atoms with Crippen LogP contribution in [0, 0.1) is 5.82 Å². The van der Waals surface area contributed by atoms with Gasteiger partial charge in [-0.3, -0.25) is 4.40 Å². The van der Waals surface area contributed by atoms with Crippen molar-refractivity contribution in [3.8, 4) is 0 Å². The number of nitrogens with one attached hydrogen (secondary N) is 1. The highest BCUT2D eigenvalue weighted by atomic mass is 19.1. The van der Waals surface area contributed by atoms with E-state index in [1.807, 2.05) is 13.0 Å². The van der Waals surface area contributed by atoms with Crippen molar-refractivity contribution in [3.05, 3.63) is 54.4 Å². The molecule has 0 saturated heterocycles. The Labute approximate surface area is 109 Å². The quantitative estimate of drug-likeness (QED) is 0.783. The largest absolute Gasteiger partial charge is 0.360 e. The first-order valence-corrected chi connectivity index (χ1v) is 5.91. The summed E-state index contributed by atoms with van der Waals surface area (Å²) in [5, 5.41) is 11.0. The van der Waals surface area contributed by atoms with Gasteiger partial charge in [0.2, 0.25) is 5.65 Å². The molecule has 0 amide bonds. The number of fused-ring (bicyclic) bond motifs is 1. The first-order chi connectivity index (χ1) is 9.25. The van der Waals surface area contributed by atoms with Crippen LogP contribution >= 0.6 is 0 Å². The van der Waals surface area contributed by atoms with Crippen LogP contribution in [0.25, 0.3) is 5.65 Å². The number of hydrogen-bond donors (Lipinski definition) is 1. The van der Waals surface area contributed by atoms with Gasteiger partial charge in [-0.25, -0.2) is 9.37 Å². The van der Waals surface area contributed by atoms with Crippen LogP contribution in [-0.2, 0) is 0 Å². The zero-order valence-electron chi connectivity index (χ0n) is 10.3. The molecule has 0 saturated carbocycles. The SMILES string of the molecule is CC(Nc1nccn2cnnc12)c1ccccc1F. The lowest BCUT2D eigenvalue weighted by molar-refractivity contribution is 0.600. The second-order valence-electron chi connectivity index (χ2n) is 4.23. The molecule has 2 aromatic heterocycles. The van der Waals surface area contributed by atoms with E-state index in [0.717, 1.165) is 0 Å². The number of anilines is 1. The van der Waals surface area contributed by atoms with Crippen molar-refractivity contribution >= 4 is 11.5 Å². The molecule has 3 rings (SSSR count). The molecule has 1 N–H and O–H groups in total. The van der Waals surface area contributed by atoms with Crippen LogP contribution in [-0.4, -0.2) is 19.6 Å². The van der Waals surface area contributed by atoms with E-state index in [1.165, 1.54) is 6.07 Å². The van der Waals surface area contributed by atoms with Gasteiger partial charge in [0.1, 0.15) is 12.1 Å². The Bertz CT molecular complexity index is 709. The van der Waals surface area contributed by atoms with Crippen molar-refractivity contribution < 1.29 is 4.39 Å². The lowest BCUT2D eigenvalue weighted by Gasteiger charge is -2.15. The lowest BCUT2D eigenvalue weighted by Crippen LogP contribution is -2.10. The normalized spacial score (nSPS) is 12.5. The molecule has 1 aromatic carbocycles. The number of nitrogens with zero attached hydrogens (tertiary/aromatic N) is 4. The molecule has 0 aliphatic rings. The first kappa shape index (κ1) is 11.6. The van der Waals surface area contributed by atoms with Crippen molar-refractivity contribution in [2.75, 3.05) is 5.32 Å². The molecular formula is C13H12FN5. The zero-order valence-corrected chi connectivity index (χ0v) is 10.3. The molecule has 1 atom stereocenters. The van der Waals surface area contributed by atoms with Crippen LogP contribution in [0.4, 0.5) is 10.2 Å². The molecule has 3 aromatic rings. The highest BCUT2D eigenvalue weighted by Gasteiger charge is 2.13. The van der Waals surface area contributed by atoms with Gasteiger partial charge in [0.05, 0.1) is 6.04 Å². The summed E-state index contributed by atoms with van der Waals surface area (Å²) in [5.41, 5.74) is 1.21. The molecule has 0 fully saturated rings. The lowest BCUT2D eigenvalue weighted by atomic mass is 10.1. The smallest absolute Gasteiger partial charge is 0.203 e. The van der Waals surface area contributed by atoms with Gasteiger partial charge in [-0.05, 0) is 13.0 Å². The van der Waals surface area contributed by atoms with E-state index >= 15 is 0 Å². The highest BCUT2D eigenvalue weighted by Crippen LogP contribution is 2.21. The Morgan fingerprint density at radius 2 is 2.16 bits per heavy atom. The van der Waals surface area contributed by atoms with Gasteiger partial charge in [-0.1, -0.05) is 18.2 Å². The number of aromatic nitrogens is 4. The Hall–Kier alpha value is -2.50. The Kier molecular flexibility index (Phi) is 2.83. The molecule has 0 radical (unpaired) electrons. The molecule has 0 bridgehead atoms. The first-order valence-electron chi connectivity index (χ1n) is 5.91. The number of hydrogen-bond acceptors (Lipinski definition) is 4. The van der Waals surface area contributed by atoms with Crippen LogP contribution in [0.15, 0.2) is 43.0 Å². The second kappa shape index (κ2) is 4.64. The van der Waals surface area contributed by atoms with Crippen LogP contribution < -0.4 is 5.32 Å². The summed E-state index contributed by atoms with van der Waals surface area (Å²) in [5.74, 6) is 0.340. The molecule has 0 spiro atoms. The predicted octanol–water partition coefficient (Wildman–Crippen LogP) is 2.44. The summed E-state index contributed by atoms with van der Waals surface area (Å²) in [6, 6.07) is 6.46. The maximum absolute atomic E-state index is 13.7. The van der Waals surface area contributed by atoms with Crippen molar-refractivity contribution in [2.45, 2.75) is 13.0 Å². The minimum Gasteiger partial charge on any atom is -0.360 e. The van der Waals surface area contributed by atoms with Crippen molar-refractivity contribution in [1.29, 1.82) is 0 Å². The van der Waals surface area contributed by atoms with Crippen molar-refractivity contribution in [2.24, 2.45) is 0 Å². The maximum atomic E-state index is 13.7. The molecule has 2 heterocycles. The maximum Gasteiger partial charge on any atom is 0.203 e. The van der Waals surface area contributed by atoms with Crippen LogP contribution in [0.5, 0.6) is 0 Å². The Morgan fingerprint density at radius 1 is 1.32 bits per heavy atom. The van der Waals surface area contributed by atoms with Crippen molar-refractivity contribution in [3.63, 3.8) is 0 Å². The Balaban J connectivity index is 1.93. The zero-order chi connectivity index (χ0) is 13.2. The minimum absolute atomic E-state index is 0.211. The molecule has 1 unspecified atom stereocenters. The van der Waals surface area contributed by atoms with Crippen molar-refractivity contribution in [1.82, 2.24) is 19.6 Å². The summed E-state index contributed by atoms with van der Waals surface area (Å²) in [4.78, 5) is 4.22. The fourth-order valence-electron chi connectivity index (χ4n) is 1.97. The van der Waals surface area contributed by atoms with Gasteiger partial charge in [0, 0.05) is 18.0 Å². The molecule has 19 heavy (non-hydrogen) atoms. The van der Waals surface area contributed by atoms with E-state index in [9.17, 15) is 4.39 Å². The molecule has 5 nitrogen and oxygen atoms in total.